The average molecular weight is 291 g/mol. The zero-order chi connectivity index (χ0) is 7.07. The van der Waals surface area contributed by atoms with Crippen LogP contribution >= 0.6 is 37.2 Å². The minimum atomic E-state index is 0. The molecule has 0 saturated carbocycles. The Morgan fingerprint density at radius 2 is 0.857 bits per heavy atom. The summed E-state index contributed by atoms with van der Waals surface area (Å²) in [5.41, 5.74) is 0. The molecule has 14 heavy (non-hydrogen) atoms. The van der Waals surface area contributed by atoms with Crippen LogP contribution in [-0.4, -0.2) is 0 Å². The SMILES string of the molecule is Cl.Cl.Cl.[V].[cH-]1[cH-][cH-][cH-][cH-]1.c1cc[cH-]c1. The second-order valence-electron chi connectivity index (χ2n) is 1.92. The summed E-state index contributed by atoms with van der Waals surface area (Å²) in [6, 6.07) is 20.0. The molecule has 0 aliphatic carbocycles. The van der Waals surface area contributed by atoms with E-state index in [-0.39, 0.29) is 55.8 Å². The Balaban J connectivity index is -0.0000000556. The van der Waals surface area contributed by atoms with Crippen LogP contribution < -0.4 is 0 Å². The van der Waals surface area contributed by atoms with Gasteiger partial charge in [0.25, 0.3) is 0 Å². The molecule has 0 atom stereocenters. The minimum absolute atomic E-state index is 0. The standard InChI is InChI=1S/2C5H5.3ClH.V/c2*1-2-4-5-3-1;;;;/h2*1-5H;3*1H;/q-5;-1;;;;. The van der Waals surface area contributed by atoms with Crippen LogP contribution in [0.5, 0.6) is 0 Å². The molecule has 4 heteroatoms. The zero-order valence-electron chi connectivity index (χ0n) is 7.45. The van der Waals surface area contributed by atoms with E-state index in [4.69, 9.17) is 0 Å². The van der Waals surface area contributed by atoms with Crippen molar-refractivity contribution >= 4 is 37.2 Å². The van der Waals surface area contributed by atoms with E-state index in [1.807, 2.05) is 60.7 Å². The van der Waals surface area contributed by atoms with Crippen molar-refractivity contribution in [3.63, 3.8) is 0 Å². The van der Waals surface area contributed by atoms with Gasteiger partial charge in [-0.15, -0.1) is 37.2 Å². The van der Waals surface area contributed by atoms with Gasteiger partial charge in [0.1, 0.15) is 0 Å². The van der Waals surface area contributed by atoms with Gasteiger partial charge in [0.15, 0.2) is 0 Å². The van der Waals surface area contributed by atoms with E-state index in [1.165, 1.54) is 0 Å². The summed E-state index contributed by atoms with van der Waals surface area (Å²) in [4.78, 5) is 0. The molecule has 0 amide bonds. The maximum atomic E-state index is 2.00. The Labute approximate surface area is 116 Å². The van der Waals surface area contributed by atoms with Crippen molar-refractivity contribution < 1.29 is 18.6 Å². The van der Waals surface area contributed by atoms with E-state index in [2.05, 4.69) is 0 Å². The molecule has 1 radical (unpaired) electrons. The molecule has 0 saturated heterocycles. The van der Waals surface area contributed by atoms with Gasteiger partial charge in [0.05, 0.1) is 0 Å². The largest absolute Gasteiger partial charge is 0.748 e. The molecule has 0 aliphatic heterocycles. The molecular weight excluding hydrogens is 277 g/mol. The molecule has 0 nitrogen and oxygen atoms in total. The Hall–Kier alpha value is 0.154. The van der Waals surface area contributed by atoms with Gasteiger partial charge in [-0.05, 0) is 0 Å². The van der Waals surface area contributed by atoms with Crippen LogP contribution in [0.2, 0.25) is 0 Å². The van der Waals surface area contributed by atoms with Crippen LogP contribution in [0.25, 0.3) is 0 Å². The third-order valence-corrected chi connectivity index (χ3v) is 1.11. The molecule has 0 heterocycles. The third kappa shape index (κ3) is 14.7. The van der Waals surface area contributed by atoms with Gasteiger partial charge >= 0.3 is 0 Å². The maximum absolute atomic E-state index is 2.00. The Morgan fingerprint density at radius 3 is 1.00 bits per heavy atom. The fourth-order valence-electron chi connectivity index (χ4n) is 0.642. The van der Waals surface area contributed by atoms with Crippen molar-refractivity contribution in [3.05, 3.63) is 60.7 Å². The second kappa shape index (κ2) is 18.8. The van der Waals surface area contributed by atoms with E-state index in [0.717, 1.165) is 0 Å². The summed E-state index contributed by atoms with van der Waals surface area (Å²) in [6.07, 6.45) is 0. The number of hydrogen-bond acceptors (Lipinski definition) is 0. The molecule has 2 rings (SSSR count). The van der Waals surface area contributed by atoms with Crippen LogP contribution in [0.15, 0.2) is 60.7 Å². The molecule has 0 spiro atoms. The van der Waals surface area contributed by atoms with Crippen molar-refractivity contribution in [1.29, 1.82) is 0 Å². The Morgan fingerprint density at radius 1 is 0.571 bits per heavy atom. The van der Waals surface area contributed by atoms with Crippen LogP contribution in [0.4, 0.5) is 0 Å². The van der Waals surface area contributed by atoms with Crippen molar-refractivity contribution in [2.75, 3.05) is 0 Å². The predicted molar refractivity (Wildman–Crippen MR) is 65.8 cm³/mol. The summed E-state index contributed by atoms with van der Waals surface area (Å²) >= 11 is 0. The number of hydrogen-bond donors (Lipinski definition) is 0. The summed E-state index contributed by atoms with van der Waals surface area (Å²) in [5.74, 6) is 0. The van der Waals surface area contributed by atoms with Crippen LogP contribution in [0.3, 0.4) is 0 Å². The molecule has 0 N–H and O–H groups in total. The maximum Gasteiger partial charge on any atom is 0 e. The molecule has 0 bridgehead atoms. The summed E-state index contributed by atoms with van der Waals surface area (Å²) in [6.45, 7) is 0. The van der Waals surface area contributed by atoms with E-state index in [9.17, 15) is 0 Å². The van der Waals surface area contributed by atoms with E-state index in [1.54, 1.807) is 0 Å². The molecule has 0 aromatic heterocycles. The van der Waals surface area contributed by atoms with Crippen molar-refractivity contribution in [3.8, 4) is 0 Å². The molecule has 85 valence electrons. The summed E-state index contributed by atoms with van der Waals surface area (Å²) < 4.78 is 0. The zero-order valence-corrected chi connectivity index (χ0v) is 11.3. The quantitative estimate of drug-likeness (QED) is 0.642. The van der Waals surface area contributed by atoms with Crippen molar-refractivity contribution in [1.82, 2.24) is 0 Å². The van der Waals surface area contributed by atoms with Crippen LogP contribution in [0.1, 0.15) is 0 Å². The van der Waals surface area contributed by atoms with Crippen molar-refractivity contribution in [2.45, 2.75) is 0 Å². The van der Waals surface area contributed by atoms with Gasteiger partial charge in [0.2, 0.25) is 0 Å². The molecule has 0 unspecified atom stereocenters. The first kappa shape index (κ1) is 23.8. The van der Waals surface area contributed by atoms with Gasteiger partial charge < -0.3 is 30.3 Å². The molecular formula is C10H13Cl3V-6. The first-order valence-electron chi connectivity index (χ1n) is 3.33. The summed E-state index contributed by atoms with van der Waals surface area (Å²) in [7, 11) is 0. The van der Waals surface area contributed by atoms with Gasteiger partial charge in [-0.2, -0.15) is 18.2 Å². The van der Waals surface area contributed by atoms with Gasteiger partial charge in [-0.25, -0.2) is 12.1 Å². The Bertz CT molecular complexity index is 155. The van der Waals surface area contributed by atoms with Gasteiger partial charge in [0, 0.05) is 18.6 Å². The van der Waals surface area contributed by atoms with Gasteiger partial charge in [-0.3, -0.25) is 0 Å². The first-order chi connectivity index (χ1) is 5.00. The van der Waals surface area contributed by atoms with Crippen molar-refractivity contribution in [2.24, 2.45) is 0 Å². The van der Waals surface area contributed by atoms with Gasteiger partial charge in [-0.1, -0.05) is 0 Å². The number of rotatable bonds is 0. The average Bonchev–Trinajstić information content (AvgIpc) is 2.67. The monoisotopic (exact) mass is 289 g/mol. The summed E-state index contributed by atoms with van der Waals surface area (Å²) in [5, 5.41) is 0. The minimum Gasteiger partial charge on any atom is -0.748 e. The third-order valence-electron chi connectivity index (χ3n) is 1.11. The topological polar surface area (TPSA) is 0 Å². The molecule has 2 aromatic rings. The smallest absolute Gasteiger partial charge is 0 e. The first-order valence-corrected chi connectivity index (χ1v) is 3.33. The second-order valence-corrected chi connectivity index (χ2v) is 1.92. The number of halogens is 3. The fourth-order valence-corrected chi connectivity index (χ4v) is 0.642. The van der Waals surface area contributed by atoms with Crippen LogP contribution in [-0.2, 0) is 18.6 Å². The molecule has 0 aliphatic rings. The van der Waals surface area contributed by atoms with E-state index < -0.39 is 0 Å². The fraction of sp³-hybridized carbons (Fsp3) is 0. The Kier molecular flexibility index (Phi) is 32.0. The predicted octanol–water partition coefficient (Wildman–Crippen LogP) is 4.07. The molecule has 0 fully saturated rings. The van der Waals surface area contributed by atoms with E-state index in [0.29, 0.717) is 0 Å². The molecule has 2 aromatic carbocycles. The normalized spacial score (nSPS) is 5.71. The van der Waals surface area contributed by atoms with Crippen LogP contribution in [0, 0.1) is 0 Å². The van der Waals surface area contributed by atoms with E-state index >= 15 is 0 Å².